The highest BCUT2D eigenvalue weighted by Crippen LogP contribution is 2.15. The van der Waals surface area contributed by atoms with E-state index in [1.165, 1.54) is 13.1 Å². The normalized spacial score (nSPS) is 10.5. The van der Waals surface area contributed by atoms with Crippen molar-refractivity contribution in [3.8, 4) is 0 Å². The van der Waals surface area contributed by atoms with Gasteiger partial charge in [-0.25, -0.2) is 4.79 Å². The predicted molar refractivity (Wildman–Crippen MR) is 75.5 cm³/mol. The van der Waals surface area contributed by atoms with Gasteiger partial charge >= 0.3 is 6.03 Å². The Balaban J connectivity index is 2.63. The minimum Gasteiger partial charge on any atom is -0.329 e. The van der Waals surface area contributed by atoms with Gasteiger partial charge in [0, 0.05) is 31.2 Å². The van der Waals surface area contributed by atoms with Crippen molar-refractivity contribution in [2.24, 2.45) is 5.73 Å². The van der Waals surface area contributed by atoms with Gasteiger partial charge in [-0.3, -0.25) is 9.69 Å². The van der Waals surface area contributed by atoms with Crippen LogP contribution in [0.1, 0.15) is 12.5 Å². The van der Waals surface area contributed by atoms with Crippen molar-refractivity contribution in [1.29, 1.82) is 0 Å². The SMILES string of the molecule is CC(=O)N(CCN)C(=O)N/C=C/c1ccccc1Cl. The third kappa shape index (κ3) is 4.73. The lowest BCUT2D eigenvalue weighted by atomic mass is 10.2. The number of carbonyl (C=O) groups is 2. The fraction of sp³-hybridized carbons (Fsp3) is 0.231. The second-order valence-electron chi connectivity index (χ2n) is 3.76. The molecule has 5 nitrogen and oxygen atoms in total. The number of hydrogen-bond acceptors (Lipinski definition) is 3. The zero-order chi connectivity index (χ0) is 14.3. The summed E-state index contributed by atoms with van der Waals surface area (Å²) in [7, 11) is 0. The molecule has 1 aromatic rings. The minimum absolute atomic E-state index is 0.182. The van der Waals surface area contributed by atoms with Crippen LogP contribution in [0.15, 0.2) is 30.5 Å². The van der Waals surface area contributed by atoms with Crippen molar-refractivity contribution in [3.63, 3.8) is 0 Å². The molecule has 0 saturated heterocycles. The minimum atomic E-state index is -0.513. The Hall–Kier alpha value is -1.85. The van der Waals surface area contributed by atoms with Gasteiger partial charge in [-0.05, 0) is 17.7 Å². The molecule has 0 fully saturated rings. The number of nitrogens with two attached hydrogens (primary N) is 1. The second kappa shape index (κ2) is 7.56. The van der Waals surface area contributed by atoms with E-state index in [9.17, 15) is 9.59 Å². The van der Waals surface area contributed by atoms with E-state index < -0.39 is 6.03 Å². The first kappa shape index (κ1) is 15.2. The molecule has 102 valence electrons. The molecule has 1 rings (SSSR count). The molecule has 3 N–H and O–H groups in total. The summed E-state index contributed by atoms with van der Waals surface area (Å²) in [5, 5.41) is 3.08. The largest absolute Gasteiger partial charge is 0.329 e. The Kier molecular flexibility index (Phi) is 6.05. The molecule has 0 aliphatic heterocycles. The van der Waals surface area contributed by atoms with Gasteiger partial charge in [-0.1, -0.05) is 29.8 Å². The number of benzene rings is 1. The van der Waals surface area contributed by atoms with E-state index in [4.69, 9.17) is 17.3 Å². The molecule has 1 aromatic carbocycles. The van der Waals surface area contributed by atoms with Crippen LogP contribution >= 0.6 is 11.6 Å². The summed E-state index contributed by atoms with van der Waals surface area (Å²) in [6.45, 7) is 1.72. The van der Waals surface area contributed by atoms with Crippen LogP contribution in [0.4, 0.5) is 4.79 Å². The first-order chi connectivity index (χ1) is 9.06. The van der Waals surface area contributed by atoms with Crippen LogP contribution in [0.3, 0.4) is 0 Å². The van der Waals surface area contributed by atoms with E-state index in [1.54, 1.807) is 12.1 Å². The summed E-state index contributed by atoms with van der Waals surface area (Å²) >= 11 is 5.96. The fourth-order valence-corrected chi connectivity index (χ4v) is 1.62. The van der Waals surface area contributed by atoms with Crippen molar-refractivity contribution >= 4 is 29.6 Å². The van der Waals surface area contributed by atoms with E-state index in [1.807, 2.05) is 18.2 Å². The molecule has 0 bridgehead atoms. The summed E-state index contributed by atoms with van der Waals surface area (Å²) in [5.74, 6) is -0.353. The van der Waals surface area contributed by atoms with E-state index in [2.05, 4.69) is 5.32 Å². The van der Waals surface area contributed by atoms with E-state index in [0.717, 1.165) is 10.5 Å². The van der Waals surface area contributed by atoms with Gasteiger partial charge in [0.1, 0.15) is 0 Å². The third-order valence-electron chi connectivity index (χ3n) is 2.35. The average molecular weight is 282 g/mol. The molecule has 0 atom stereocenters. The zero-order valence-corrected chi connectivity index (χ0v) is 11.4. The smallest absolute Gasteiger partial charge is 0.328 e. The maximum atomic E-state index is 11.7. The summed E-state index contributed by atoms with van der Waals surface area (Å²) in [4.78, 5) is 24.0. The number of nitrogens with zero attached hydrogens (tertiary/aromatic N) is 1. The fourth-order valence-electron chi connectivity index (χ4n) is 1.42. The number of carbonyl (C=O) groups excluding carboxylic acids is 2. The second-order valence-corrected chi connectivity index (χ2v) is 4.17. The molecule has 0 saturated carbocycles. The van der Waals surface area contributed by atoms with E-state index in [-0.39, 0.29) is 19.0 Å². The molecule has 0 heterocycles. The van der Waals surface area contributed by atoms with Crippen molar-refractivity contribution in [3.05, 3.63) is 41.1 Å². The molecule has 6 heteroatoms. The molecule has 0 radical (unpaired) electrons. The molecular formula is C13H16ClN3O2. The lowest BCUT2D eigenvalue weighted by Crippen LogP contribution is -2.43. The monoisotopic (exact) mass is 281 g/mol. The molecule has 19 heavy (non-hydrogen) atoms. The number of amides is 3. The molecule has 0 unspecified atom stereocenters. The maximum Gasteiger partial charge on any atom is 0.328 e. The number of halogens is 1. The van der Waals surface area contributed by atoms with E-state index >= 15 is 0 Å². The summed E-state index contributed by atoms with van der Waals surface area (Å²) < 4.78 is 0. The van der Waals surface area contributed by atoms with Crippen molar-refractivity contribution in [1.82, 2.24) is 10.2 Å². The number of rotatable bonds is 4. The molecular weight excluding hydrogens is 266 g/mol. The highest BCUT2D eigenvalue weighted by Gasteiger charge is 2.15. The standard InChI is InChI=1S/C13H16ClN3O2/c1-10(18)17(9-7-15)13(19)16-8-6-11-4-2-3-5-12(11)14/h2-6,8H,7,9,15H2,1H3,(H,16,19)/b8-6+. The van der Waals surface area contributed by atoms with Gasteiger partial charge in [-0.15, -0.1) is 0 Å². The maximum absolute atomic E-state index is 11.7. The first-order valence-corrected chi connectivity index (χ1v) is 6.13. The highest BCUT2D eigenvalue weighted by molar-refractivity contribution is 6.32. The Bertz CT molecular complexity index is 489. The molecule has 3 amide bonds. The topological polar surface area (TPSA) is 75.4 Å². The summed E-state index contributed by atoms with van der Waals surface area (Å²) in [5.41, 5.74) is 6.11. The Labute approximate surface area is 117 Å². The average Bonchev–Trinajstić information content (AvgIpc) is 2.37. The van der Waals surface area contributed by atoms with Crippen LogP contribution in [-0.2, 0) is 4.79 Å². The highest BCUT2D eigenvalue weighted by atomic mass is 35.5. The molecule has 0 aliphatic rings. The van der Waals surface area contributed by atoms with Crippen LogP contribution in [0.2, 0.25) is 5.02 Å². The predicted octanol–water partition coefficient (Wildman–Crippen LogP) is 1.83. The van der Waals surface area contributed by atoms with Crippen LogP contribution in [0.25, 0.3) is 6.08 Å². The Morgan fingerprint density at radius 2 is 2.11 bits per heavy atom. The number of imide groups is 1. The van der Waals surface area contributed by atoms with Crippen molar-refractivity contribution in [2.45, 2.75) is 6.92 Å². The summed E-state index contributed by atoms with van der Waals surface area (Å²) in [6, 6.07) is 6.70. The van der Waals surface area contributed by atoms with Gasteiger partial charge < -0.3 is 11.1 Å². The van der Waals surface area contributed by atoms with Crippen LogP contribution in [0.5, 0.6) is 0 Å². The molecule has 0 aromatic heterocycles. The van der Waals surface area contributed by atoms with Gasteiger partial charge in [0.2, 0.25) is 5.91 Å². The van der Waals surface area contributed by atoms with E-state index in [0.29, 0.717) is 5.02 Å². The Morgan fingerprint density at radius 1 is 1.42 bits per heavy atom. The van der Waals surface area contributed by atoms with Gasteiger partial charge in [0.25, 0.3) is 0 Å². The first-order valence-electron chi connectivity index (χ1n) is 5.76. The third-order valence-corrected chi connectivity index (χ3v) is 2.70. The van der Waals surface area contributed by atoms with Crippen molar-refractivity contribution in [2.75, 3.05) is 13.1 Å². The number of urea groups is 1. The lowest BCUT2D eigenvalue weighted by Gasteiger charge is -2.17. The number of hydrogen-bond donors (Lipinski definition) is 2. The lowest BCUT2D eigenvalue weighted by molar-refractivity contribution is -0.125. The number of nitrogens with one attached hydrogen (secondary N) is 1. The van der Waals surface area contributed by atoms with Gasteiger partial charge in [0.05, 0.1) is 0 Å². The van der Waals surface area contributed by atoms with Crippen LogP contribution in [0, 0.1) is 0 Å². The van der Waals surface area contributed by atoms with Crippen molar-refractivity contribution < 1.29 is 9.59 Å². The van der Waals surface area contributed by atoms with Crippen LogP contribution < -0.4 is 11.1 Å². The van der Waals surface area contributed by atoms with Gasteiger partial charge in [-0.2, -0.15) is 0 Å². The summed E-state index contributed by atoms with van der Waals surface area (Å²) in [6.07, 6.45) is 3.09. The zero-order valence-electron chi connectivity index (χ0n) is 10.6. The molecule has 0 spiro atoms. The molecule has 0 aliphatic carbocycles. The van der Waals surface area contributed by atoms with Crippen LogP contribution in [-0.4, -0.2) is 29.9 Å². The van der Waals surface area contributed by atoms with Gasteiger partial charge in [0.15, 0.2) is 0 Å². The Morgan fingerprint density at radius 3 is 2.68 bits per heavy atom. The quantitative estimate of drug-likeness (QED) is 0.884.